The first-order valence-corrected chi connectivity index (χ1v) is 10.9. The summed E-state index contributed by atoms with van der Waals surface area (Å²) >= 11 is 0. The summed E-state index contributed by atoms with van der Waals surface area (Å²) in [6.45, 7) is -0.974. The zero-order valence-electron chi connectivity index (χ0n) is 15.0. The van der Waals surface area contributed by atoms with Gasteiger partial charge in [0.25, 0.3) is 0 Å². The Morgan fingerprint density at radius 2 is 1.74 bits per heavy atom. The maximum absolute atomic E-state index is 11.1. The fraction of sp³-hybridized carbons (Fsp3) is 0.750. The standard InChI is InChI=1S/C12H19NO16S2/c14-2-5-9(7(16)6(11(19)26-5)13-30(20,21)22)28-12-8(29-31(23,24)25)3(15)1-4(27-12)10(17)18/h1,3,5-9,11-16,19H,2H2,(H,17,18)(H,20,21,22)(H,23,24,25). The number of carboxylic acid groups (broad SMARTS) is 1. The summed E-state index contributed by atoms with van der Waals surface area (Å²) in [4.78, 5) is 11.1. The highest BCUT2D eigenvalue weighted by Gasteiger charge is 2.50. The molecule has 0 spiro atoms. The van der Waals surface area contributed by atoms with Gasteiger partial charge in [0.15, 0.2) is 12.4 Å². The Kier molecular flexibility index (Phi) is 7.95. The van der Waals surface area contributed by atoms with Crippen LogP contribution in [0.2, 0.25) is 0 Å². The maximum Gasteiger partial charge on any atom is 0.397 e. The van der Waals surface area contributed by atoms with E-state index in [-0.39, 0.29) is 0 Å². The molecule has 8 unspecified atom stereocenters. The molecule has 0 aromatic heterocycles. The molecule has 2 aliphatic heterocycles. The van der Waals surface area contributed by atoms with Gasteiger partial charge in [-0.2, -0.15) is 21.6 Å². The normalized spacial score (nSPS) is 37.0. The van der Waals surface area contributed by atoms with Crippen molar-refractivity contribution in [2.24, 2.45) is 0 Å². The molecule has 1 fully saturated rings. The lowest BCUT2D eigenvalue weighted by Gasteiger charge is -2.44. The molecule has 17 nitrogen and oxygen atoms in total. The van der Waals surface area contributed by atoms with Crippen molar-refractivity contribution in [1.29, 1.82) is 0 Å². The van der Waals surface area contributed by atoms with Gasteiger partial charge in [-0.05, 0) is 6.08 Å². The lowest BCUT2D eigenvalue weighted by atomic mass is 9.97. The van der Waals surface area contributed by atoms with E-state index in [0.717, 1.165) is 0 Å². The third-order valence-corrected chi connectivity index (χ3v) is 5.10. The average Bonchev–Trinajstić information content (AvgIpc) is 2.61. The summed E-state index contributed by atoms with van der Waals surface area (Å²) in [5.74, 6) is -2.69. The molecule has 1 saturated heterocycles. The highest BCUT2D eigenvalue weighted by atomic mass is 32.3. The first-order chi connectivity index (χ1) is 14.1. The monoisotopic (exact) mass is 497 g/mol. The molecule has 8 N–H and O–H groups in total. The van der Waals surface area contributed by atoms with E-state index in [1.54, 1.807) is 0 Å². The number of aliphatic hydroxyl groups is 4. The van der Waals surface area contributed by atoms with Crippen LogP contribution in [-0.4, -0.2) is 113 Å². The van der Waals surface area contributed by atoms with Crippen LogP contribution in [0.4, 0.5) is 0 Å². The van der Waals surface area contributed by atoms with Gasteiger partial charge in [-0.1, -0.05) is 0 Å². The smallest absolute Gasteiger partial charge is 0.397 e. The van der Waals surface area contributed by atoms with Crippen molar-refractivity contribution < 1.29 is 74.7 Å². The second kappa shape index (κ2) is 9.56. The van der Waals surface area contributed by atoms with Crippen LogP contribution >= 0.6 is 0 Å². The average molecular weight is 497 g/mol. The molecule has 2 rings (SSSR count). The number of ether oxygens (including phenoxy) is 3. The Labute approximate surface area is 174 Å². The Bertz CT molecular complexity index is 902. The minimum absolute atomic E-state index is 0.516. The first-order valence-electron chi connectivity index (χ1n) is 8.11. The molecular formula is C12H19NO16S2. The Hall–Kier alpha value is -1.49. The summed E-state index contributed by atoms with van der Waals surface area (Å²) in [7, 11) is -10.2. The van der Waals surface area contributed by atoms with Gasteiger partial charge in [-0.25, -0.2) is 8.98 Å². The summed E-state index contributed by atoms with van der Waals surface area (Å²) < 4.78 is 82.5. The Morgan fingerprint density at radius 3 is 2.23 bits per heavy atom. The van der Waals surface area contributed by atoms with Crippen LogP contribution in [0.1, 0.15) is 0 Å². The van der Waals surface area contributed by atoms with Crippen LogP contribution in [0.15, 0.2) is 11.8 Å². The summed E-state index contributed by atoms with van der Waals surface area (Å²) in [6.07, 6.45) is -13.6. The number of rotatable bonds is 8. The molecule has 0 aromatic carbocycles. The number of carbonyl (C=O) groups is 1. The lowest BCUT2D eigenvalue weighted by Crippen LogP contribution is -2.66. The third kappa shape index (κ3) is 6.74. The number of nitrogens with one attached hydrogen (secondary N) is 1. The molecule has 2 heterocycles. The van der Waals surface area contributed by atoms with Crippen molar-refractivity contribution in [3.05, 3.63) is 11.8 Å². The fourth-order valence-corrected chi connectivity index (χ4v) is 3.90. The molecule has 0 aliphatic carbocycles. The molecule has 0 aromatic rings. The molecule has 31 heavy (non-hydrogen) atoms. The predicted octanol–water partition coefficient (Wildman–Crippen LogP) is -4.92. The van der Waals surface area contributed by atoms with E-state index in [2.05, 4.69) is 4.18 Å². The summed E-state index contributed by atoms with van der Waals surface area (Å²) in [5, 5.41) is 48.6. The molecule has 0 amide bonds. The molecule has 0 saturated carbocycles. The van der Waals surface area contributed by atoms with Crippen molar-refractivity contribution in [1.82, 2.24) is 4.72 Å². The third-order valence-electron chi connectivity index (χ3n) is 4.06. The summed E-state index contributed by atoms with van der Waals surface area (Å²) in [6, 6.07) is -1.98. The molecule has 180 valence electrons. The largest absolute Gasteiger partial charge is 0.475 e. The van der Waals surface area contributed by atoms with Gasteiger partial charge in [-0.15, -0.1) is 0 Å². The fourth-order valence-electron chi connectivity index (χ4n) is 2.82. The van der Waals surface area contributed by atoms with E-state index < -0.39 is 88.2 Å². The van der Waals surface area contributed by atoms with Gasteiger partial charge < -0.3 is 39.7 Å². The maximum atomic E-state index is 11.1. The van der Waals surface area contributed by atoms with Crippen molar-refractivity contribution in [3.8, 4) is 0 Å². The van der Waals surface area contributed by atoms with Gasteiger partial charge in [0, 0.05) is 0 Å². The van der Waals surface area contributed by atoms with Crippen molar-refractivity contribution in [3.63, 3.8) is 0 Å². The van der Waals surface area contributed by atoms with Crippen LogP contribution in [0.3, 0.4) is 0 Å². The van der Waals surface area contributed by atoms with E-state index >= 15 is 0 Å². The second-order valence-electron chi connectivity index (χ2n) is 6.26. The van der Waals surface area contributed by atoms with E-state index in [1.165, 1.54) is 4.72 Å². The van der Waals surface area contributed by atoms with Gasteiger partial charge in [0.05, 0.1) is 6.61 Å². The lowest BCUT2D eigenvalue weighted by molar-refractivity contribution is -0.303. The van der Waals surface area contributed by atoms with Crippen LogP contribution in [0.5, 0.6) is 0 Å². The van der Waals surface area contributed by atoms with Gasteiger partial charge in [-0.3, -0.25) is 9.11 Å². The first kappa shape index (κ1) is 25.8. The molecular weight excluding hydrogens is 478 g/mol. The molecule has 0 bridgehead atoms. The Balaban J connectivity index is 2.36. The molecule has 2 aliphatic rings. The second-order valence-corrected chi connectivity index (χ2v) is 8.49. The highest BCUT2D eigenvalue weighted by Crippen LogP contribution is 2.29. The van der Waals surface area contributed by atoms with E-state index in [0.29, 0.717) is 6.08 Å². The van der Waals surface area contributed by atoms with Crippen molar-refractivity contribution in [2.45, 2.75) is 49.1 Å². The van der Waals surface area contributed by atoms with Crippen LogP contribution in [0, 0.1) is 0 Å². The van der Waals surface area contributed by atoms with Gasteiger partial charge >= 0.3 is 26.7 Å². The van der Waals surface area contributed by atoms with E-state index in [4.69, 9.17) is 28.4 Å². The van der Waals surface area contributed by atoms with Gasteiger partial charge in [0.2, 0.25) is 12.0 Å². The number of aliphatic carboxylic acids is 1. The van der Waals surface area contributed by atoms with E-state index in [1.807, 2.05) is 0 Å². The quantitative estimate of drug-likeness (QED) is 0.146. The molecule has 19 heteroatoms. The topological polar surface area (TPSA) is 276 Å². The minimum atomic E-state index is -5.25. The van der Waals surface area contributed by atoms with Crippen LogP contribution in [0.25, 0.3) is 0 Å². The SMILES string of the molecule is O=C(O)C1=CC(O)C(OS(=O)(=O)O)C(OC2C(CO)OC(O)C(NS(=O)(=O)O)C2O)O1. The van der Waals surface area contributed by atoms with Crippen LogP contribution < -0.4 is 4.72 Å². The molecule has 8 atom stereocenters. The zero-order valence-corrected chi connectivity index (χ0v) is 16.7. The van der Waals surface area contributed by atoms with Crippen LogP contribution in [-0.2, 0) is 43.9 Å². The number of hydrogen-bond donors (Lipinski definition) is 8. The number of aliphatic hydroxyl groups excluding tert-OH is 4. The number of hydrogen-bond acceptors (Lipinski definition) is 13. The zero-order chi connectivity index (χ0) is 23.7. The molecule has 0 radical (unpaired) electrons. The predicted molar refractivity (Wildman–Crippen MR) is 90.3 cm³/mol. The van der Waals surface area contributed by atoms with Crippen molar-refractivity contribution in [2.75, 3.05) is 6.61 Å². The van der Waals surface area contributed by atoms with Crippen molar-refractivity contribution >= 4 is 26.7 Å². The Morgan fingerprint density at radius 1 is 1.13 bits per heavy atom. The van der Waals surface area contributed by atoms with Gasteiger partial charge in [0.1, 0.15) is 30.5 Å². The summed E-state index contributed by atoms with van der Waals surface area (Å²) in [5.41, 5.74) is 0. The minimum Gasteiger partial charge on any atom is -0.475 e. The van der Waals surface area contributed by atoms with E-state index in [9.17, 15) is 42.1 Å². The number of carboxylic acids is 1. The highest BCUT2D eigenvalue weighted by molar-refractivity contribution is 7.83.